The van der Waals surface area contributed by atoms with Crippen LogP contribution in [0.1, 0.15) is 48.0 Å². The molecule has 1 N–H and O–H groups in total. The van der Waals surface area contributed by atoms with Gasteiger partial charge in [0.2, 0.25) is 9.87 Å². The average molecular weight is 282 g/mol. The molecule has 4 atom stereocenters. The van der Waals surface area contributed by atoms with Crippen molar-refractivity contribution in [2.24, 2.45) is 5.92 Å². The van der Waals surface area contributed by atoms with E-state index in [0.29, 0.717) is 5.76 Å². The summed E-state index contributed by atoms with van der Waals surface area (Å²) in [4.78, 5) is -0.614. The molecule has 0 spiro atoms. The van der Waals surface area contributed by atoms with E-state index in [-0.39, 0.29) is 15.8 Å². The molecule has 0 amide bonds. The number of rotatable bonds is 1. The summed E-state index contributed by atoms with van der Waals surface area (Å²) >= 11 is 1.70. The number of aliphatic hydroxyl groups is 1. The van der Waals surface area contributed by atoms with Crippen molar-refractivity contribution in [2.45, 2.75) is 63.4 Å². The van der Waals surface area contributed by atoms with Crippen molar-refractivity contribution in [2.75, 3.05) is 0 Å². The Hall–Kier alpha value is -0.610. The third-order valence-corrected chi connectivity index (χ3v) is 6.77. The van der Waals surface area contributed by atoms with Gasteiger partial charge >= 0.3 is 0 Å². The van der Waals surface area contributed by atoms with Gasteiger partial charge in [0.25, 0.3) is 0 Å². The number of hydrogen-bond donors (Lipinski definition) is 1. The Morgan fingerprint density at radius 3 is 2.47 bits per heavy atom. The summed E-state index contributed by atoms with van der Waals surface area (Å²) in [6.45, 7) is 12.1. The van der Waals surface area contributed by atoms with Crippen LogP contribution in [-0.2, 0) is 9.47 Å². The summed E-state index contributed by atoms with van der Waals surface area (Å²) in [5, 5.41) is 10.8. The van der Waals surface area contributed by atoms with Crippen LogP contribution < -0.4 is 0 Å². The SMILES string of the molecule is CCC12OC3=C(OC1(C)S2)C(C)C(C)=C(C)C3(C)O. The summed E-state index contributed by atoms with van der Waals surface area (Å²) in [6.07, 6.45) is 0.872. The maximum atomic E-state index is 10.8. The van der Waals surface area contributed by atoms with Gasteiger partial charge < -0.3 is 14.6 Å². The number of ether oxygens (including phenoxy) is 2. The zero-order chi connectivity index (χ0) is 14.2. The highest BCUT2D eigenvalue weighted by Gasteiger charge is 2.74. The van der Waals surface area contributed by atoms with Crippen LogP contribution in [-0.4, -0.2) is 20.6 Å². The first-order valence-corrected chi connectivity index (χ1v) is 7.73. The zero-order valence-electron chi connectivity index (χ0n) is 12.5. The molecule has 0 aromatic heterocycles. The highest BCUT2D eigenvalue weighted by atomic mass is 32.2. The van der Waals surface area contributed by atoms with E-state index in [2.05, 4.69) is 27.7 Å². The Morgan fingerprint density at radius 2 is 1.89 bits per heavy atom. The largest absolute Gasteiger partial charge is 0.472 e. The van der Waals surface area contributed by atoms with E-state index < -0.39 is 5.60 Å². The number of allylic oxidation sites excluding steroid dienone is 1. The summed E-state index contributed by atoms with van der Waals surface area (Å²) < 4.78 is 12.5. The molecule has 19 heavy (non-hydrogen) atoms. The first-order chi connectivity index (χ1) is 8.68. The fourth-order valence-corrected chi connectivity index (χ4v) is 4.34. The van der Waals surface area contributed by atoms with Crippen molar-refractivity contribution in [3.63, 3.8) is 0 Å². The molecule has 3 nitrogen and oxygen atoms in total. The molecule has 4 unspecified atom stereocenters. The molecule has 106 valence electrons. The topological polar surface area (TPSA) is 38.7 Å². The molecule has 0 bridgehead atoms. The maximum absolute atomic E-state index is 10.8. The van der Waals surface area contributed by atoms with Crippen molar-refractivity contribution in [1.82, 2.24) is 0 Å². The van der Waals surface area contributed by atoms with Crippen LogP contribution in [0.4, 0.5) is 0 Å². The minimum Gasteiger partial charge on any atom is -0.472 e. The van der Waals surface area contributed by atoms with Crippen LogP contribution in [0.2, 0.25) is 0 Å². The molecule has 1 saturated heterocycles. The highest BCUT2D eigenvalue weighted by molar-refractivity contribution is 8.09. The second-order valence-electron chi connectivity index (χ2n) is 6.15. The minimum absolute atomic E-state index is 0.170. The Kier molecular flexibility index (Phi) is 2.48. The molecule has 1 aliphatic carbocycles. The lowest BCUT2D eigenvalue weighted by atomic mass is 9.78. The van der Waals surface area contributed by atoms with Gasteiger partial charge in [0.15, 0.2) is 5.76 Å². The fourth-order valence-electron chi connectivity index (χ4n) is 3.14. The fraction of sp³-hybridized carbons (Fsp3) is 0.733. The van der Waals surface area contributed by atoms with E-state index in [1.165, 1.54) is 5.57 Å². The molecule has 1 fully saturated rings. The van der Waals surface area contributed by atoms with Crippen molar-refractivity contribution in [3.8, 4) is 0 Å². The molecule has 3 rings (SSSR count). The maximum Gasteiger partial charge on any atom is 0.206 e. The van der Waals surface area contributed by atoms with Gasteiger partial charge in [0.05, 0.1) is 0 Å². The number of thioether (sulfide) groups is 1. The van der Waals surface area contributed by atoms with Crippen LogP contribution in [0.15, 0.2) is 22.7 Å². The summed E-state index contributed by atoms with van der Waals surface area (Å²) in [6, 6.07) is 0. The normalized spacial score (nSPS) is 48.3. The molecule has 4 heteroatoms. The monoisotopic (exact) mass is 282 g/mol. The molecule has 0 saturated carbocycles. The van der Waals surface area contributed by atoms with Gasteiger partial charge in [-0.15, -0.1) is 0 Å². The van der Waals surface area contributed by atoms with Crippen molar-refractivity contribution in [3.05, 3.63) is 22.7 Å². The van der Waals surface area contributed by atoms with E-state index in [1.54, 1.807) is 18.7 Å². The second kappa shape index (κ2) is 3.53. The molecular formula is C15H22O3S. The molecule has 0 aromatic rings. The van der Waals surface area contributed by atoms with Gasteiger partial charge in [-0.2, -0.15) is 0 Å². The predicted molar refractivity (Wildman–Crippen MR) is 76.4 cm³/mol. The standard InChI is InChI=1S/C15H22O3S/c1-7-15-14(6,19-15)17-11-9(3)8(2)10(4)13(5,16)12(11)18-15/h9,16H,7H2,1-6H3. The van der Waals surface area contributed by atoms with Crippen LogP contribution in [0.5, 0.6) is 0 Å². The van der Waals surface area contributed by atoms with Gasteiger partial charge in [-0.05, 0) is 39.7 Å². The van der Waals surface area contributed by atoms with Gasteiger partial charge in [-0.1, -0.05) is 31.2 Å². The number of hydrogen-bond acceptors (Lipinski definition) is 4. The van der Waals surface area contributed by atoms with Gasteiger partial charge in [0, 0.05) is 5.92 Å². The van der Waals surface area contributed by atoms with Crippen molar-refractivity contribution < 1.29 is 14.6 Å². The molecular weight excluding hydrogens is 260 g/mol. The number of fused-ring (bicyclic) bond motifs is 1. The third-order valence-electron chi connectivity index (χ3n) is 5.08. The lowest BCUT2D eigenvalue weighted by molar-refractivity contribution is -0.0994. The first kappa shape index (κ1) is 13.4. The smallest absolute Gasteiger partial charge is 0.206 e. The summed E-state index contributed by atoms with van der Waals surface area (Å²) in [7, 11) is 0. The van der Waals surface area contributed by atoms with E-state index in [1.807, 2.05) is 6.92 Å². The van der Waals surface area contributed by atoms with Crippen molar-refractivity contribution in [1.29, 1.82) is 0 Å². The molecule has 2 heterocycles. The molecule has 2 aliphatic heterocycles. The van der Waals surface area contributed by atoms with Crippen LogP contribution in [0.3, 0.4) is 0 Å². The first-order valence-electron chi connectivity index (χ1n) is 6.91. The lowest BCUT2D eigenvalue weighted by Crippen LogP contribution is -2.45. The van der Waals surface area contributed by atoms with Crippen molar-refractivity contribution >= 4 is 11.8 Å². The summed E-state index contributed by atoms with van der Waals surface area (Å²) in [5.41, 5.74) is 1.09. The molecule has 3 aliphatic rings. The van der Waals surface area contributed by atoms with Crippen LogP contribution in [0, 0.1) is 5.92 Å². The van der Waals surface area contributed by atoms with E-state index in [0.717, 1.165) is 17.8 Å². The minimum atomic E-state index is -1.06. The summed E-state index contributed by atoms with van der Waals surface area (Å²) in [5.74, 6) is 1.60. The Labute approximate surface area is 119 Å². The van der Waals surface area contributed by atoms with Gasteiger partial charge in [-0.3, -0.25) is 0 Å². The van der Waals surface area contributed by atoms with Crippen LogP contribution >= 0.6 is 11.8 Å². The average Bonchev–Trinajstić information content (AvgIpc) is 2.98. The Balaban J connectivity index is 2.09. The molecule has 0 aromatic carbocycles. The van der Waals surface area contributed by atoms with Gasteiger partial charge in [0.1, 0.15) is 11.4 Å². The second-order valence-corrected chi connectivity index (χ2v) is 7.80. The highest BCUT2D eigenvalue weighted by Crippen LogP contribution is 2.71. The third kappa shape index (κ3) is 1.44. The van der Waals surface area contributed by atoms with Gasteiger partial charge in [-0.25, -0.2) is 0 Å². The zero-order valence-corrected chi connectivity index (χ0v) is 13.3. The Bertz CT molecular complexity index is 519. The van der Waals surface area contributed by atoms with E-state index in [9.17, 15) is 5.11 Å². The Morgan fingerprint density at radius 1 is 1.26 bits per heavy atom. The lowest BCUT2D eigenvalue weighted by Gasteiger charge is -2.43. The molecule has 0 radical (unpaired) electrons. The van der Waals surface area contributed by atoms with E-state index in [4.69, 9.17) is 9.47 Å². The van der Waals surface area contributed by atoms with Crippen LogP contribution in [0.25, 0.3) is 0 Å². The quantitative estimate of drug-likeness (QED) is 0.589. The van der Waals surface area contributed by atoms with E-state index >= 15 is 0 Å². The predicted octanol–water partition coefficient (Wildman–Crippen LogP) is 3.55.